The van der Waals surface area contributed by atoms with Crippen LogP contribution >= 0.6 is 0 Å². The first-order valence-electron chi connectivity index (χ1n) is 8.87. The fourth-order valence-corrected chi connectivity index (χ4v) is 3.69. The predicted octanol–water partition coefficient (Wildman–Crippen LogP) is 4.59. The van der Waals surface area contributed by atoms with E-state index in [0.29, 0.717) is 6.54 Å². The summed E-state index contributed by atoms with van der Waals surface area (Å²) in [5, 5.41) is 11.3. The monoisotopic (exact) mass is 357 g/mol. The molecule has 1 heterocycles. The van der Waals surface area contributed by atoms with Crippen LogP contribution in [-0.4, -0.2) is 17.0 Å². The summed E-state index contributed by atoms with van der Waals surface area (Å²) in [5.74, 6) is -1.21. The van der Waals surface area contributed by atoms with Crippen molar-refractivity contribution in [2.45, 2.75) is 19.4 Å². The number of carbonyl (C=O) groups excluding carboxylic acids is 1. The first kappa shape index (κ1) is 17.0. The van der Waals surface area contributed by atoms with Crippen LogP contribution in [0, 0.1) is 0 Å². The van der Waals surface area contributed by atoms with Crippen LogP contribution in [0.4, 0.5) is 5.69 Å². The summed E-state index contributed by atoms with van der Waals surface area (Å²) in [7, 11) is 0. The molecular formula is C23H19NO3. The Morgan fingerprint density at radius 1 is 1.07 bits per heavy atom. The van der Waals surface area contributed by atoms with Gasteiger partial charge in [0.05, 0.1) is 18.2 Å². The summed E-state index contributed by atoms with van der Waals surface area (Å²) in [6.45, 7) is 2.35. The van der Waals surface area contributed by atoms with Crippen LogP contribution in [0.15, 0.2) is 66.7 Å². The molecule has 3 aromatic carbocycles. The molecule has 0 saturated heterocycles. The molecule has 4 nitrogen and oxygen atoms in total. The largest absolute Gasteiger partial charge is 0.478 e. The number of anilines is 1. The lowest BCUT2D eigenvalue weighted by Gasteiger charge is -2.20. The first-order valence-corrected chi connectivity index (χ1v) is 8.87. The van der Waals surface area contributed by atoms with Crippen molar-refractivity contribution >= 4 is 34.4 Å². The SMILES string of the molecule is CC1C(=O)N(Cc2ccc3ccccc3c2)c2c(C=CC(=O)O)cccc21. The van der Waals surface area contributed by atoms with E-state index in [2.05, 4.69) is 24.3 Å². The van der Waals surface area contributed by atoms with Crippen molar-refractivity contribution in [1.29, 1.82) is 0 Å². The molecule has 0 fully saturated rings. The number of carboxylic acid groups (broad SMARTS) is 1. The number of carbonyl (C=O) groups is 2. The standard InChI is InChI=1S/C23H19NO3/c1-15-20-8-4-7-18(11-12-21(25)26)22(20)24(23(15)27)14-16-9-10-17-5-2-3-6-19(17)13-16/h2-13,15H,14H2,1H3,(H,25,26). The van der Waals surface area contributed by atoms with Crippen LogP contribution in [0.3, 0.4) is 0 Å². The van der Waals surface area contributed by atoms with Gasteiger partial charge in [-0.1, -0.05) is 54.6 Å². The molecule has 134 valence electrons. The van der Waals surface area contributed by atoms with Crippen molar-refractivity contribution in [2.24, 2.45) is 0 Å². The zero-order valence-electron chi connectivity index (χ0n) is 14.9. The number of para-hydroxylation sites is 1. The summed E-state index contributed by atoms with van der Waals surface area (Å²) in [5.41, 5.74) is 3.53. The number of hydrogen-bond acceptors (Lipinski definition) is 2. The molecule has 0 bridgehead atoms. The van der Waals surface area contributed by atoms with E-state index in [1.807, 2.05) is 43.3 Å². The molecule has 3 aromatic rings. The molecule has 0 radical (unpaired) electrons. The van der Waals surface area contributed by atoms with E-state index in [9.17, 15) is 9.59 Å². The van der Waals surface area contributed by atoms with Crippen LogP contribution in [0.25, 0.3) is 16.8 Å². The number of nitrogens with zero attached hydrogens (tertiary/aromatic N) is 1. The van der Waals surface area contributed by atoms with Crippen molar-refractivity contribution < 1.29 is 14.7 Å². The number of amides is 1. The highest BCUT2D eigenvalue weighted by molar-refractivity contribution is 6.07. The first-order chi connectivity index (χ1) is 13.0. The minimum absolute atomic E-state index is 0.0364. The fourth-order valence-electron chi connectivity index (χ4n) is 3.69. The molecular weight excluding hydrogens is 338 g/mol. The lowest BCUT2D eigenvalue weighted by atomic mass is 10.00. The van der Waals surface area contributed by atoms with Crippen LogP contribution < -0.4 is 4.90 Å². The molecule has 1 unspecified atom stereocenters. The molecule has 4 rings (SSSR count). The molecule has 0 aromatic heterocycles. The van der Waals surface area contributed by atoms with E-state index in [1.54, 1.807) is 11.0 Å². The number of fused-ring (bicyclic) bond motifs is 2. The predicted molar refractivity (Wildman–Crippen MR) is 107 cm³/mol. The van der Waals surface area contributed by atoms with Crippen molar-refractivity contribution in [1.82, 2.24) is 0 Å². The molecule has 1 aliphatic rings. The van der Waals surface area contributed by atoms with Crippen LogP contribution in [-0.2, 0) is 16.1 Å². The Labute approximate surface area is 157 Å². The van der Waals surface area contributed by atoms with Gasteiger partial charge in [-0.2, -0.15) is 0 Å². The van der Waals surface area contributed by atoms with Crippen molar-refractivity contribution in [3.8, 4) is 0 Å². The summed E-state index contributed by atoms with van der Waals surface area (Å²) in [6, 6.07) is 20.0. The van der Waals surface area contributed by atoms with Gasteiger partial charge in [-0.25, -0.2) is 4.79 Å². The highest BCUT2D eigenvalue weighted by Gasteiger charge is 2.35. The van der Waals surface area contributed by atoms with Gasteiger partial charge in [0, 0.05) is 6.08 Å². The molecule has 0 aliphatic carbocycles. The van der Waals surface area contributed by atoms with Crippen LogP contribution in [0.1, 0.15) is 29.5 Å². The highest BCUT2D eigenvalue weighted by atomic mass is 16.4. The van der Waals surface area contributed by atoms with E-state index >= 15 is 0 Å². The molecule has 1 amide bonds. The second-order valence-electron chi connectivity index (χ2n) is 6.78. The van der Waals surface area contributed by atoms with Crippen LogP contribution in [0.5, 0.6) is 0 Å². The third-order valence-corrected chi connectivity index (χ3v) is 5.03. The van der Waals surface area contributed by atoms with Crippen molar-refractivity contribution in [2.75, 3.05) is 4.90 Å². The minimum atomic E-state index is -1.01. The lowest BCUT2D eigenvalue weighted by molar-refractivity contribution is -0.131. The Hall–Kier alpha value is -3.40. The van der Waals surface area contributed by atoms with Gasteiger partial charge in [0.15, 0.2) is 0 Å². The Bertz CT molecular complexity index is 1080. The number of aliphatic carboxylic acids is 1. The summed E-state index contributed by atoms with van der Waals surface area (Å²) < 4.78 is 0. The number of rotatable bonds is 4. The van der Waals surface area contributed by atoms with Gasteiger partial charge in [-0.3, -0.25) is 4.79 Å². The third-order valence-electron chi connectivity index (χ3n) is 5.03. The zero-order valence-corrected chi connectivity index (χ0v) is 14.9. The second kappa shape index (κ2) is 6.72. The Kier molecular flexibility index (Phi) is 4.24. The fraction of sp³-hybridized carbons (Fsp3) is 0.130. The molecule has 1 N–H and O–H groups in total. The van der Waals surface area contributed by atoms with Gasteiger partial charge in [-0.05, 0) is 46.5 Å². The van der Waals surface area contributed by atoms with E-state index in [4.69, 9.17) is 5.11 Å². The maximum Gasteiger partial charge on any atom is 0.328 e. The average molecular weight is 357 g/mol. The molecule has 27 heavy (non-hydrogen) atoms. The van der Waals surface area contributed by atoms with E-state index < -0.39 is 5.97 Å². The normalized spacial score (nSPS) is 16.3. The molecule has 4 heteroatoms. The van der Waals surface area contributed by atoms with Gasteiger partial charge in [0.1, 0.15) is 0 Å². The summed E-state index contributed by atoms with van der Waals surface area (Å²) >= 11 is 0. The van der Waals surface area contributed by atoms with E-state index in [0.717, 1.165) is 39.2 Å². The molecule has 0 spiro atoms. The van der Waals surface area contributed by atoms with Gasteiger partial charge >= 0.3 is 5.97 Å². The average Bonchev–Trinajstić information content (AvgIpc) is 2.92. The number of carboxylic acids is 1. The summed E-state index contributed by atoms with van der Waals surface area (Å²) in [4.78, 5) is 25.6. The minimum Gasteiger partial charge on any atom is -0.478 e. The zero-order chi connectivity index (χ0) is 19.0. The van der Waals surface area contributed by atoms with Gasteiger partial charge in [0.25, 0.3) is 0 Å². The Morgan fingerprint density at radius 2 is 1.85 bits per heavy atom. The quantitative estimate of drug-likeness (QED) is 0.695. The topological polar surface area (TPSA) is 57.6 Å². The number of hydrogen-bond donors (Lipinski definition) is 1. The molecule has 0 saturated carbocycles. The molecule has 1 aliphatic heterocycles. The van der Waals surface area contributed by atoms with Crippen molar-refractivity contribution in [3.05, 3.63) is 83.4 Å². The van der Waals surface area contributed by atoms with Crippen molar-refractivity contribution in [3.63, 3.8) is 0 Å². The van der Waals surface area contributed by atoms with Gasteiger partial charge in [-0.15, -0.1) is 0 Å². The molecule has 1 atom stereocenters. The maximum absolute atomic E-state index is 12.9. The Balaban J connectivity index is 1.75. The Morgan fingerprint density at radius 3 is 2.63 bits per heavy atom. The summed E-state index contributed by atoms with van der Waals surface area (Å²) in [6.07, 6.45) is 2.66. The smallest absolute Gasteiger partial charge is 0.328 e. The lowest BCUT2D eigenvalue weighted by Crippen LogP contribution is -2.27. The number of benzene rings is 3. The van der Waals surface area contributed by atoms with E-state index in [1.165, 1.54) is 0 Å². The second-order valence-corrected chi connectivity index (χ2v) is 6.78. The van der Waals surface area contributed by atoms with Crippen LogP contribution in [0.2, 0.25) is 0 Å². The maximum atomic E-state index is 12.9. The van der Waals surface area contributed by atoms with E-state index in [-0.39, 0.29) is 11.8 Å². The van der Waals surface area contributed by atoms with Gasteiger partial charge < -0.3 is 10.0 Å². The third kappa shape index (κ3) is 3.10. The van der Waals surface area contributed by atoms with Gasteiger partial charge in [0.2, 0.25) is 5.91 Å². The highest BCUT2D eigenvalue weighted by Crippen LogP contribution is 2.41.